The molecule has 0 aromatic heterocycles. The molecule has 2 aromatic carbocycles. The van der Waals surface area contributed by atoms with Gasteiger partial charge in [0.15, 0.2) is 0 Å². The maximum atomic E-state index is 12.9. The van der Waals surface area contributed by atoms with Crippen LogP contribution in [0.4, 0.5) is 10.5 Å². The molecule has 0 spiro atoms. The molecule has 9 nitrogen and oxygen atoms in total. The summed E-state index contributed by atoms with van der Waals surface area (Å²) in [6.07, 6.45) is 0.0921. The molecule has 0 saturated carbocycles. The number of alkyl carbamates (subject to hydrolysis) is 1. The molecule has 0 saturated heterocycles. The van der Waals surface area contributed by atoms with Gasteiger partial charge in [0.2, 0.25) is 0 Å². The number of carbonyl (C=O) groups excluding carboxylic acids is 2. The molecule has 2 aromatic rings. The summed E-state index contributed by atoms with van der Waals surface area (Å²) in [5.74, 6) is 0.451. The zero-order valence-electron chi connectivity index (χ0n) is 20.2. The van der Waals surface area contributed by atoms with E-state index in [1.165, 1.54) is 19.2 Å². The molecule has 186 valence electrons. The van der Waals surface area contributed by atoms with E-state index in [9.17, 15) is 18.0 Å². The van der Waals surface area contributed by atoms with Gasteiger partial charge in [0.1, 0.15) is 5.75 Å². The average Bonchev–Trinajstić information content (AvgIpc) is 2.77. The molecule has 0 aliphatic carbocycles. The van der Waals surface area contributed by atoms with Crippen molar-refractivity contribution in [2.45, 2.75) is 45.1 Å². The fourth-order valence-corrected chi connectivity index (χ4v) is 4.38. The first kappa shape index (κ1) is 27.0. The SMILES string of the molecule is CCOC(=O)NC(CNC(=O)c1cc(S(=O)(=O)Nc2ccc(OC)cc2)ccc1C)CC(C)C. The van der Waals surface area contributed by atoms with Crippen LogP contribution in [0.15, 0.2) is 47.4 Å². The predicted octanol–water partition coefficient (Wildman–Crippen LogP) is 3.70. The third kappa shape index (κ3) is 7.95. The Labute approximate surface area is 201 Å². The number of nitrogens with one attached hydrogen (secondary N) is 3. The molecule has 0 bridgehead atoms. The number of sulfonamides is 1. The lowest BCUT2D eigenvalue weighted by Gasteiger charge is -2.21. The minimum Gasteiger partial charge on any atom is -0.497 e. The van der Waals surface area contributed by atoms with Crippen LogP contribution in [0.2, 0.25) is 0 Å². The number of carbonyl (C=O) groups is 2. The summed E-state index contributed by atoms with van der Waals surface area (Å²) in [4.78, 5) is 24.7. The van der Waals surface area contributed by atoms with E-state index in [0.717, 1.165) is 0 Å². The van der Waals surface area contributed by atoms with E-state index in [4.69, 9.17) is 9.47 Å². The summed E-state index contributed by atoms with van der Waals surface area (Å²) in [6, 6.07) is 10.5. The Morgan fingerprint density at radius 1 is 1.06 bits per heavy atom. The van der Waals surface area contributed by atoms with Gasteiger partial charge in [0, 0.05) is 23.8 Å². The minimum absolute atomic E-state index is 0.0394. The molecule has 1 atom stereocenters. The first-order chi connectivity index (χ1) is 16.1. The third-order valence-corrected chi connectivity index (χ3v) is 6.35. The van der Waals surface area contributed by atoms with Crippen molar-refractivity contribution in [2.75, 3.05) is 25.0 Å². The van der Waals surface area contributed by atoms with E-state index in [0.29, 0.717) is 23.4 Å². The van der Waals surface area contributed by atoms with Crippen molar-refractivity contribution in [1.29, 1.82) is 0 Å². The summed E-state index contributed by atoms with van der Waals surface area (Å²) in [5.41, 5.74) is 1.23. The van der Waals surface area contributed by atoms with Crippen molar-refractivity contribution < 1.29 is 27.5 Å². The minimum atomic E-state index is -3.92. The number of amides is 2. The summed E-state index contributed by atoms with van der Waals surface area (Å²) in [5, 5.41) is 5.55. The number of anilines is 1. The molecule has 10 heteroatoms. The first-order valence-corrected chi connectivity index (χ1v) is 12.5. The Morgan fingerprint density at radius 3 is 2.32 bits per heavy atom. The lowest BCUT2D eigenvalue weighted by Crippen LogP contribution is -2.44. The van der Waals surface area contributed by atoms with Gasteiger partial charge in [-0.25, -0.2) is 13.2 Å². The average molecular weight is 492 g/mol. The molecule has 34 heavy (non-hydrogen) atoms. The highest BCUT2D eigenvalue weighted by Crippen LogP contribution is 2.21. The Kier molecular flexibility index (Phi) is 9.73. The number of ether oxygens (including phenoxy) is 2. The van der Waals surface area contributed by atoms with Crippen molar-refractivity contribution in [3.05, 3.63) is 53.6 Å². The Morgan fingerprint density at radius 2 is 1.74 bits per heavy atom. The van der Waals surface area contributed by atoms with Crippen LogP contribution in [0.1, 0.15) is 43.1 Å². The number of hydrogen-bond donors (Lipinski definition) is 3. The van der Waals surface area contributed by atoms with Crippen LogP contribution in [0.5, 0.6) is 5.75 Å². The molecule has 0 aliphatic rings. The summed E-state index contributed by atoms with van der Waals surface area (Å²) >= 11 is 0. The Bertz CT molecular complexity index is 1080. The number of rotatable bonds is 11. The van der Waals surface area contributed by atoms with Crippen molar-refractivity contribution in [2.24, 2.45) is 5.92 Å². The predicted molar refractivity (Wildman–Crippen MR) is 131 cm³/mol. The second-order valence-electron chi connectivity index (χ2n) is 8.21. The van der Waals surface area contributed by atoms with E-state index in [1.54, 1.807) is 44.2 Å². The van der Waals surface area contributed by atoms with Crippen LogP contribution in [-0.4, -0.2) is 46.7 Å². The molecule has 0 aliphatic heterocycles. The van der Waals surface area contributed by atoms with Crippen molar-refractivity contribution in [1.82, 2.24) is 10.6 Å². The zero-order valence-corrected chi connectivity index (χ0v) is 21.0. The van der Waals surface area contributed by atoms with E-state index >= 15 is 0 Å². The van der Waals surface area contributed by atoms with Gasteiger partial charge in [0.05, 0.1) is 18.6 Å². The van der Waals surface area contributed by atoms with Crippen molar-refractivity contribution >= 4 is 27.7 Å². The molecule has 3 N–H and O–H groups in total. The summed E-state index contributed by atoms with van der Waals surface area (Å²) in [6.45, 7) is 7.89. The van der Waals surface area contributed by atoms with Gasteiger partial charge in [-0.1, -0.05) is 19.9 Å². The second kappa shape index (κ2) is 12.3. The van der Waals surface area contributed by atoms with Gasteiger partial charge in [-0.15, -0.1) is 0 Å². The van der Waals surface area contributed by atoms with Gasteiger partial charge >= 0.3 is 6.09 Å². The molecular weight excluding hydrogens is 458 g/mol. The fraction of sp³-hybridized carbons (Fsp3) is 0.417. The second-order valence-corrected chi connectivity index (χ2v) is 9.89. The highest BCUT2D eigenvalue weighted by molar-refractivity contribution is 7.92. The lowest BCUT2D eigenvalue weighted by molar-refractivity contribution is 0.0943. The number of hydrogen-bond acceptors (Lipinski definition) is 6. The van der Waals surface area contributed by atoms with Crippen molar-refractivity contribution in [3.8, 4) is 5.75 Å². The van der Waals surface area contributed by atoms with Crippen LogP contribution >= 0.6 is 0 Å². The standard InChI is InChI=1S/C24H33N3O6S/c1-6-33-24(29)26-19(13-16(2)3)15-25-23(28)22-14-21(12-7-17(22)4)34(30,31)27-18-8-10-20(32-5)11-9-18/h7-12,14,16,19,27H,6,13,15H2,1-5H3,(H,25,28)(H,26,29). The van der Waals surface area contributed by atoms with E-state index in [2.05, 4.69) is 15.4 Å². The van der Waals surface area contributed by atoms with Crippen LogP contribution in [-0.2, 0) is 14.8 Å². The van der Waals surface area contributed by atoms with Crippen LogP contribution in [0.3, 0.4) is 0 Å². The largest absolute Gasteiger partial charge is 0.497 e. The van der Waals surface area contributed by atoms with Gasteiger partial charge in [-0.2, -0.15) is 0 Å². The summed E-state index contributed by atoms with van der Waals surface area (Å²) in [7, 11) is -2.40. The molecule has 0 fully saturated rings. The highest BCUT2D eigenvalue weighted by atomic mass is 32.2. The molecule has 1 unspecified atom stereocenters. The molecule has 0 heterocycles. The van der Waals surface area contributed by atoms with Gasteiger partial charge in [0.25, 0.3) is 15.9 Å². The maximum absolute atomic E-state index is 12.9. The fourth-order valence-electron chi connectivity index (χ4n) is 3.30. The lowest BCUT2D eigenvalue weighted by atomic mass is 10.0. The van der Waals surface area contributed by atoms with Crippen LogP contribution in [0, 0.1) is 12.8 Å². The number of aryl methyl sites for hydroxylation is 1. The Hall–Kier alpha value is -3.27. The quantitative estimate of drug-likeness (QED) is 0.441. The van der Waals surface area contributed by atoms with Crippen LogP contribution in [0.25, 0.3) is 0 Å². The van der Waals surface area contributed by atoms with E-state index in [-0.39, 0.29) is 35.6 Å². The smallest absolute Gasteiger partial charge is 0.407 e. The van der Waals surface area contributed by atoms with Gasteiger partial charge < -0.3 is 20.1 Å². The Balaban J connectivity index is 2.15. The van der Waals surface area contributed by atoms with Gasteiger partial charge in [-0.05, 0) is 68.1 Å². The normalized spacial score (nSPS) is 12.1. The van der Waals surface area contributed by atoms with E-state index < -0.39 is 22.0 Å². The number of benzene rings is 2. The van der Waals surface area contributed by atoms with Crippen molar-refractivity contribution in [3.63, 3.8) is 0 Å². The maximum Gasteiger partial charge on any atom is 0.407 e. The monoisotopic (exact) mass is 491 g/mol. The number of methoxy groups -OCH3 is 1. The molecule has 2 amide bonds. The van der Waals surface area contributed by atoms with E-state index in [1.807, 2.05) is 13.8 Å². The van der Waals surface area contributed by atoms with Crippen LogP contribution < -0.4 is 20.1 Å². The molecular formula is C24H33N3O6S. The molecule has 2 rings (SSSR count). The first-order valence-electron chi connectivity index (χ1n) is 11.0. The third-order valence-electron chi connectivity index (χ3n) is 4.97. The zero-order chi connectivity index (χ0) is 25.3. The van der Waals surface area contributed by atoms with Gasteiger partial charge in [-0.3, -0.25) is 9.52 Å². The highest BCUT2D eigenvalue weighted by Gasteiger charge is 2.20. The molecule has 0 radical (unpaired) electrons. The topological polar surface area (TPSA) is 123 Å². The summed E-state index contributed by atoms with van der Waals surface area (Å²) < 4.78 is 38.3.